The minimum absolute atomic E-state index is 0.253. The zero-order valence-corrected chi connectivity index (χ0v) is 15.6. The van der Waals surface area contributed by atoms with Crippen LogP contribution in [-0.2, 0) is 17.5 Å². The zero-order chi connectivity index (χ0) is 20.0. The molecular formula is C21H25F3N2O2. The number of hydrogen-bond donors (Lipinski definition) is 1. The predicted molar refractivity (Wildman–Crippen MR) is 102 cm³/mol. The molecule has 1 heterocycles. The molecular weight excluding hydrogens is 369 g/mol. The standard InChI is InChI=1S/C21H25F3N2O2/c22-21(23,24)18-7-4-8-19(13-18)26-11-9-25(10-12-26)14-20(27)16-28-15-17-5-2-1-3-6-17/h1-8,13,20,27H,9-12,14-16H2. The van der Waals surface area contributed by atoms with E-state index in [9.17, 15) is 18.3 Å². The molecule has 1 N–H and O–H groups in total. The van der Waals surface area contributed by atoms with Crippen molar-refractivity contribution < 1.29 is 23.0 Å². The van der Waals surface area contributed by atoms with Crippen molar-refractivity contribution >= 4 is 5.69 Å². The fraction of sp³-hybridized carbons (Fsp3) is 0.429. The van der Waals surface area contributed by atoms with E-state index in [1.54, 1.807) is 6.07 Å². The van der Waals surface area contributed by atoms with Crippen LogP contribution in [0, 0.1) is 0 Å². The Morgan fingerprint density at radius 2 is 1.68 bits per heavy atom. The van der Waals surface area contributed by atoms with Crippen LogP contribution in [-0.4, -0.2) is 55.4 Å². The Morgan fingerprint density at radius 1 is 0.964 bits per heavy atom. The number of hydrogen-bond acceptors (Lipinski definition) is 4. The number of nitrogens with zero attached hydrogens (tertiary/aromatic N) is 2. The Hall–Kier alpha value is -2.09. The number of benzene rings is 2. The van der Waals surface area contributed by atoms with Gasteiger partial charge in [0.2, 0.25) is 0 Å². The molecule has 0 amide bonds. The first kappa shape index (κ1) is 20.6. The van der Waals surface area contributed by atoms with Gasteiger partial charge in [-0.25, -0.2) is 0 Å². The molecule has 28 heavy (non-hydrogen) atoms. The summed E-state index contributed by atoms with van der Waals surface area (Å²) in [6.45, 7) is 3.82. The number of piperazine rings is 1. The highest BCUT2D eigenvalue weighted by Gasteiger charge is 2.31. The third kappa shape index (κ3) is 5.95. The molecule has 4 nitrogen and oxygen atoms in total. The Kier molecular flexibility index (Phi) is 6.93. The second-order valence-corrected chi connectivity index (χ2v) is 6.99. The summed E-state index contributed by atoms with van der Waals surface area (Å²) < 4.78 is 44.2. The van der Waals surface area contributed by atoms with Crippen LogP contribution in [0.4, 0.5) is 18.9 Å². The number of halogens is 3. The van der Waals surface area contributed by atoms with Crippen molar-refractivity contribution in [3.05, 3.63) is 65.7 Å². The van der Waals surface area contributed by atoms with Gasteiger partial charge >= 0.3 is 6.18 Å². The lowest BCUT2D eigenvalue weighted by atomic mass is 10.1. The van der Waals surface area contributed by atoms with Crippen LogP contribution in [0.2, 0.25) is 0 Å². The van der Waals surface area contributed by atoms with Crippen molar-refractivity contribution in [2.75, 3.05) is 44.2 Å². The molecule has 0 radical (unpaired) electrons. The lowest BCUT2D eigenvalue weighted by Gasteiger charge is -2.37. The van der Waals surface area contributed by atoms with Gasteiger partial charge in [-0.15, -0.1) is 0 Å². The summed E-state index contributed by atoms with van der Waals surface area (Å²) >= 11 is 0. The molecule has 1 fully saturated rings. The van der Waals surface area contributed by atoms with Gasteiger partial charge in [-0.1, -0.05) is 36.4 Å². The van der Waals surface area contributed by atoms with Crippen LogP contribution in [0.3, 0.4) is 0 Å². The van der Waals surface area contributed by atoms with Crippen molar-refractivity contribution in [3.8, 4) is 0 Å². The van der Waals surface area contributed by atoms with Crippen LogP contribution >= 0.6 is 0 Å². The van der Waals surface area contributed by atoms with Gasteiger partial charge in [0.25, 0.3) is 0 Å². The second-order valence-electron chi connectivity index (χ2n) is 6.99. The number of aliphatic hydroxyl groups is 1. The van der Waals surface area contributed by atoms with E-state index < -0.39 is 17.8 Å². The van der Waals surface area contributed by atoms with Gasteiger partial charge in [0, 0.05) is 38.4 Å². The van der Waals surface area contributed by atoms with Crippen molar-refractivity contribution in [1.29, 1.82) is 0 Å². The molecule has 7 heteroatoms. The highest BCUT2D eigenvalue weighted by atomic mass is 19.4. The van der Waals surface area contributed by atoms with Crippen LogP contribution in [0.15, 0.2) is 54.6 Å². The van der Waals surface area contributed by atoms with Gasteiger partial charge in [0.1, 0.15) is 0 Å². The lowest BCUT2D eigenvalue weighted by molar-refractivity contribution is -0.137. The van der Waals surface area contributed by atoms with Crippen molar-refractivity contribution in [1.82, 2.24) is 4.90 Å². The third-order valence-corrected chi connectivity index (χ3v) is 4.80. The maximum Gasteiger partial charge on any atom is 0.416 e. The first-order chi connectivity index (χ1) is 13.4. The molecule has 1 unspecified atom stereocenters. The smallest absolute Gasteiger partial charge is 0.389 e. The normalized spacial score (nSPS) is 16.9. The van der Waals surface area contributed by atoms with Crippen molar-refractivity contribution in [3.63, 3.8) is 0 Å². The van der Waals surface area contributed by atoms with E-state index in [0.717, 1.165) is 11.6 Å². The summed E-state index contributed by atoms with van der Waals surface area (Å²) in [5, 5.41) is 10.2. The van der Waals surface area contributed by atoms with Crippen LogP contribution in [0.1, 0.15) is 11.1 Å². The van der Waals surface area contributed by atoms with Gasteiger partial charge in [-0.05, 0) is 23.8 Å². The monoisotopic (exact) mass is 394 g/mol. The minimum atomic E-state index is -4.33. The molecule has 0 spiro atoms. The number of anilines is 1. The number of aliphatic hydroxyl groups excluding tert-OH is 1. The fourth-order valence-electron chi connectivity index (χ4n) is 3.31. The maximum atomic E-state index is 12.9. The van der Waals surface area contributed by atoms with Crippen LogP contribution < -0.4 is 4.90 Å². The summed E-state index contributed by atoms with van der Waals surface area (Å²) in [5.74, 6) is 0. The van der Waals surface area contributed by atoms with E-state index in [0.29, 0.717) is 45.0 Å². The Balaban J connectivity index is 1.41. The van der Waals surface area contributed by atoms with Gasteiger partial charge in [0.15, 0.2) is 0 Å². The molecule has 1 saturated heterocycles. The van der Waals surface area contributed by atoms with Crippen molar-refractivity contribution in [2.24, 2.45) is 0 Å². The third-order valence-electron chi connectivity index (χ3n) is 4.80. The van der Waals surface area contributed by atoms with Gasteiger partial charge < -0.3 is 14.7 Å². The highest BCUT2D eigenvalue weighted by molar-refractivity contribution is 5.49. The highest BCUT2D eigenvalue weighted by Crippen LogP contribution is 2.31. The second kappa shape index (κ2) is 9.41. The Labute approximate surface area is 163 Å². The molecule has 0 saturated carbocycles. The molecule has 2 aromatic rings. The minimum Gasteiger partial charge on any atom is -0.389 e. The average molecular weight is 394 g/mol. The topological polar surface area (TPSA) is 35.9 Å². The summed E-state index contributed by atoms with van der Waals surface area (Å²) in [6, 6.07) is 15.2. The molecule has 1 aliphatic rings. The summed E-state index contributed by atoms with van der Waals surface area (Å²) in [7, 11) is 0. The van der Waals surface area contributed by atoms with Gasteiger partial charge in [-0.2, -0.15) is 13.2 Å². The maximum absolute atomic E-state index is 12.9. The number of rotatable bonds is 7. The van der Waals surface area contributed by atoms with E-state index in [1.807, 2.05) is 35.2 Å². The Bertz CT molecular complexity index is 732. The van der Waals surface area contributed by atoms with Gasteiger partial charge in [0.05, 0.1) is 24.9 Å². The average Bonchev–Trinajstić information content (AvgIpc) is 2.69. The molecule has 0 aliphatic carbocycles. The zero-order valence-electron chi connectivity index (χ0n) is 15.6. The lowest BCUT2D eigenvalue weighted by Crippen LogP contribution is -2.49. The summed E-state index contributed by atoms with van der Waals surface area (Å²) in [6.07, 6.45) is -4.93. The van der Waals surface area contributed by atoms with Crippen LogP contribution in [0.5, 0.6) is 0 Å². The molecule has 0 bridgehead atoms. The Morgan fingerprint density at radius 3 is 2.36 bits per heavy atom. The SMILES string of the molecule is OC(COCc1ccccc1)CN1CCN(c2cccc(C(F)(F)F)c2)CC1. The number of β-amino-alcohol motifs (C(OH)–C–C–N with tert-alkyl or cyclic N) is 1. The summed E-state index contributed by atoms with van der Waals surface area (Å²) in [4.78, 5) is 4.06. The largest absolute Gasteiger partial charge is 0.416 e. The molecule has 1 atom stereocenters. The number of alkyl halides is 3. The molecule has 3 rings (SSSR count). The van der Waals surface area contributed by atoms with E-state index in [1.165, 1.54) is 12.1 Å². The van der Waals surface area contributed by atoms with E-state index in [2.05, 4.69) is 4.90 Å². The van der Waals surface area contributed by atoms with E-state index in [-0.39, 0.29) is 6.61 Å². The van der Waals surface area contributed by atoms with Crippen LogP contribution in [0.25, 0.3) is 0 Å². The van der Waals surface area contributed by atoms with Crippen molar-refractivity contribution in [2.45, 2.75) is 18.9 Å². The van der Waals surface area contributed by atoms with E-state index >= 15 is 0 Å². The summed E-state index contributed by atoms with van der Waals surface area (Å²) in [5.41, 5.74) is 1.02. The molecule has 0 aromatic heterocycles. The first-order valence-corrected chi connectivity index (χ1v) is 9.36. The predicted octanol–water partition coefficient (Wildman–Crippen LogP) is 3.41. The number of ether oxygens (including phenoxy) is 1. The molecule has 152 valence electrons. The van der Waals surface area contributed by atoms with E-state index in [4.69, 9.17) is 4.74 Å². The first-order valence-electron chi connectivity index (χ1n) is 9.36. The van der Waals surface area contributed by atoms with Gasteiger partial charge in [-0.3, -0.25) is 4.90 Å². The molecule has 2 aromatic carbocycles. The molecule has 1 aliphatic heterocycles. The fourth-order valence-corrected chi connectivity index (χ4v) is 3.31. The quantitative estimate of drug-likeness (QED) is 0.781.